The van der Waals surface area contributed by atoms with Crippen molar-refractivity contribution in [3.63, 3.8) is 0 Å². The van der Waals surface area contributed by atoms with Crippen LogP contribution in [-0.4, -0.2) is 17.6 Å². The highest BCUT2D eigenvalue weighted by Gasteiger charge is 2.42. The van der Waals surface area contributed by atoms with Crippen molar-refractivity contribution in [1.29, 1.82) is 0 Å². The molecule has 2 aromatic carbocycles. The molecule has 2 aromatic rings. The molecule has 6 nitrogen and oxygen atoms in total. The molecule has 0 bridgehead atoms. The normalized spacial score (nSPS) is 22.8. The maximum atomic E-state index is 6.31. The highest BCUT2D eigenvalue weighted by atomic mass is 16.5. The zero-order valence-electron chi connectivity index (χ0n) is 16.6. The lowest BCUT2D eigenvalue weighted by atomic mass is 9.87. The van der Waals surface area contributed by atoms with Gasteiger partial charge in [0.15, 0.2) is 0 Å². The van der Waals surface area contributed by atoms with Crippen LogP contribution in [0.5, 0.6) is 5.75 Å². The van der Waals surface area contributed by atoms with Gasteiger partial charge < -0.3 is 16.2 Å². The van der Waals surface area contributed by atoms with E-state index in [9.17, 15) is 0 Å². The van der Waals surface area contributed by atoms with E-state index < -0.39 is 5.66 Å². The molecule has 1 atom stereocenters. The van der Waals surface area contributed by atoms with Gasteiger partial charge in [0.25, 0.3) is 0 Å². The van der Waals surface area contributed by atoms with Crippen LogP contribution in [0.4, 0.5) is 5.69 Å². The molecule has 0 amide bonds. The summed E-state index contributed by atoms with van der Waals surface area (Å²) in [5.41, 5.74) is 15.5. The molecule has 0 aromatic heterocycles. The van der Waals surface area contributed by atoms with Crippen molar-refractivity contribution in [2.45, 2.75) is 56.7 Å². The van der Waals surface area contributed by atoms with E-state index in [-0.39, 0.29) is 12.1 Å². The van der Waals surface area contributed by atoms with Gasteiger partial charge in [0.1, 0.15) is 17.5 Å². The topological polar surface area (TPSA) is 89.2 Å². The smallest absolute Gasteiger partial charge is 0.220 e. The summed E-state index contributed by atoms with van der Waals surface area (Å²) in [5, 5.41) is 0. The fourth-order valence-corrected chi connectivity index (χ4v) is 4.97. The van der Waals surface area contributed by atoms with Crippen LogP contribution in [0.15, 0.2) is 58.5 Å². The number of rotatable bonds is 3. The van der Waals surface area contributed by atoms with Gasteiger partial charge >= 0.3 is 0 Å². The summed E-state index contributed by atoms with van der Waals surface area (Å²) in [7, 11) is 0. The molecular formula is C23H27N5O. The minimum Gasteiger partial charge on any atom is -0.486 e. The average Bonchev–Trinajstić information content (AvgIpc) is 3.12. The number of hydrogen-bond acceptors (Lipinski definition) is 6. The van der Waals surface area contributed by atoms with Crippen LogP contribution in [-0.2, 0) is 6.42 Å². The highest BCUT2D eigenvalue weighted by molar-refractivity contribution is 6.05. The number of nitrogens with two attached hydrogens (primary N) is 2. The van der Waals surface area contributed by atoms with Crippen molar-refractivity contribution in [3.8, 4) is 5.75 Å². The van der Waals surface area contributed by atoms with Gasteiger partial charge in [-0.1, -0.05) is 30.7 Å². The number of aliphatic imine (C=N–C) groups is 2. The Labute approximate surface area is 171 Å². The number of hydrogen-bond donors (Lipinski definition) is 2. The number of ether oxygens (including phenoxy) is 1. The van der Waals surface area contributed by atoms with Crippen LogP contribution >= 0.6 is 0 Å². The summed E-state index contributed by atoms with van der Waals surface area (Å²) >= 11 is 0. The molecule has 150 valence electrons. The highest BCUT2D eigenvalue weighted by Crippen LogP contribution is 2.40. The molecule has 2 aliphatic carbocycles. The standard InChI is InChI=1S/C23H27N5O/c24-21-26-22(25)28(23(27-21)14-4-1-5-15-23)17-9-11-18(12-10-17)29-20-13-8-16-6-2-3-7-19(16)20/h2-3,6-7,9-12,20H,1,4-5,8,13-15H2,(H4,24,25,26,27). The quantitative estimate of drug-likeness (QED) is 0.834. The second-order valence-corrected chi connectivity index (χ2v) is 8.16. The Hall–Kier alpha value is -3.02. The first-order valence-electron chi connectivity index (χ1n) is 10.5. The van der Waals surface area contributed by atoms with Crippen LogP contribution in [0.1, 0.15) is 55.8 Å². The van der Waals surface area contributed by atoms with Gasteiger partial charge in [-0.25, -0.2) is 4.99 Å². The lowest BCUT2D eigenvalue weighted by molar-refractivity contribution is 0.207. The summed E-state index contributed by atoms with van der Waals surface area (Å²) in [6.45, 7) is 0. The fraction of sp³-hybridized carbons (Fsp3) is 0.391. The Morgan fingerprint density at radius 2 is 1.72 bits per heavy atom. The molecule has 6 heteroatoms. The molecule has 0 radical (unpaired) electrons. The number of fused-ring (bicyclic) bond motifs is 1. The second-order valence-electron chi connectivity index (χ2n) is 8.16. The van der Waals surface area contributed by atoms with Crippen molar-refractivity contribution in [3.05, 3.63) is 59.7 Å². The monoisotopic (exact) mass is 389 g/mol. The zero-order valence-corrected chi connectivity index (χ0v) is 16.6. The van der Waals surface area contributed by atoms with E-state index in [4.69, 9.17) is 21.2 Å². The molecule has 29 heavy (non-hydrogen) atoms. The maximum Gasteiger partial charge on any atom is 0.220 e. The predicted octanol–water partition coefficient (Wildman–Crippen LogP) is 3.86. The van der Waals surface area contributed by atoms with E-state index in [2.05, 4.69) is 34.2 Å². The Kier molecular flexibility index (Phi) is 4.42. The first-order valence-corrected chi connectivity index (χ1v) is 10.5. The number of benzene rings is 2. The van der Waals surface area contributed by atoms with Crippen LogP contribution < -0.4 is 21.1 Å². The number of aryl methyl sites for hydroxylation is 1. The number of nitrogens with zero attached hydrogens (tertiary/aromatic N) is 3. The zero-order chi connectivity index (χ0) is 19.8. The van der Waals surface area contributed by atoms with E-state index in [0.29, 0.717) is 5.96 Å². The fourth-order valence-electron chi connectivity index (χ4n) is 4.97. The minimum absolute atomic E-state index is 0.118. The van der Waals surface area contributed by atoms with Gasteiger partial charge in [-0.05, 0) is 73.9 Å². The lowest BCUT2D eigenvalue weighted by Gasteiger charge is -2.45. The van der Waals surface area contributed by atoms with Crippen LogP contribution in [0.3, 0.4) is 0 Å². The molecule has 1 spiro atoms. The van der Waals surface area contributed by atoms with Crippen molar-refractivity contribution in [2.75, 3.05) is 4.90 Å². The van der Waals surface area contributed by atoms with Crippen LogP contribution in [0, 0.1) is 0 Å². The largest absolute Gasteiger partial charge is 0.486 e. The van der Waals surface area contributed by atoms with Crippen LogP contribution in [0.2, 0.25) is 0 Å². The van der Waals surface area contributed by atoms with E-state index >= 15 is 0 Å². The third-order valence-electron chi connectivity index (χ3n) is 6.30. The van der Waals surface area contributed by atoms with Crippen molar-refractivity contribution in [1.82, 2.24) is 0 Å². The molecule has 4 N–H and O–H groups in total. The first-order chi connectivity index (χ1) is 14.1. The van der Waals surface area contributed by atoms with E-state index in [1.54, 1.807) is 0 Å². The number of anilines is 1. The first kappa shape index (κ1) is 18.0. The summed E-state index contributed by atoms with van der Waals surface area (Å²) < 4.78 is 6.30. The summed E-state index contributed by atoms with van der Waals surface area (Å²) in [6.07, 6.45) is 7.52. The molecule has 0 saturated heterocycles. The van der Waals surface area contributed by atoms with Gasteiger partial charge in [-0.15, -0.1) is 0 Å². The van der Waals surface area contributed by atoms with Crippen LogP contribution in [0.25, 0.3) is 0 Å². The molecule has 1 heterocycles. The third kappa shape index (κ3) is 3.22. The van der Waals surface area contributed by atoms with Crippen molar-refractivity contribution in [2.24, 2.45) is 21.5 Å². The molecule has 3 aliphatic rings. The number of guanidine groups is 2. The van der Waals surface area contributed by atoms with E-state index in [0.717, 1.165) is 50.0 Å². The molecular weight excluding hydrogens is 362 g/mol. The summed E-state index contributed by atoms with van der Waals surface area (Å²) in [4.78, 5) is 11.0. The molecule has 5 rings (SSSR count). The summed E-state index contributed by atoms with van der Waals surface area (Å²) in [5.74, 6) is 1.56. The molecule has 1 aliphatic heterocycles. The van der Waals surface area contributed by atoms with Gasteiger partial charge in [0, 0.05) is 5.69 Å². The maximum absolute atomic E-state index is 6.31. The van der Waals surface area contributed by atoms with Gasteiger partial charge in [0.2, 0.25) is 11.9 Å². The Balaban J connectivity index is 1.39. The Morgan fingerprint density at radius 1 is 0.966 bits per heavy atom. The third-order valence-corrected chi connectivity index (χ3v) is 6.30. The van der Waals surface area contributed by atoms with Crippen molar-refractivity contribution < 1.29 is 4.74 Å². The molecule has 1 fully saturated rings. The van der Waals surface area contributed by atoms with Gasteiger partial charge in [-0.3, -0.25) is 4.90 Å². The Morgan fingerprint density at radius 3 is 2.52 bits per heavy atom. The average molecular weight is 390 g/mol. The second kappa shape index (κ2) is 7.10. The van der Waals surface area contributed by atoms with Gasteiger partial charge in [-0.2, -0.15) is 4.99 Å². The SMILES string of the molecule is NC1=NC2(CCCCC2)N(c2ccc(OC3CCc4ccccc43)cc2)C(N)=N1. The lowest BCUT2D eigenvalue weighted by Crippen LogP contribution is -2.58. The predicted molar refractivity (Wildman–Crippen MR) is 116 cm³/mol. The molecule has 1 unspecified atom stereocenters. The van der Waals surface area contributed by atoms with Gasteiger partial charge in [0.05, 0.1) is 0 Å². The van der Waals surface area contributed by atoms with E-state index in [1.807, 2.05) is 24.3 Å². The summed E-state index contributed by atoms with van der Waals surface area (Å²) in [6, 6.07) is 16.7. The van der Waals surface area contributed by atoms with E-state index in [1.165, 1.54) is 17.5 Å². The molecule has 1 saturated carbocycles. The van der Waals surface area contributed by atoms with Crippen molar-refractivity contribution >= 4 is 17.6 Å². The Bertz CT molecular complexity index is 959. The minimum atomic E-state index is -0.416.